The molecule has 0 amide bonds. The lowest BCUT2D eigenvalue weighted by Crippen LogP contribution is -2.47. The maximum atomic E-state index is 4.75. The van der Waals surface area contributed by atoms with Gasteiger partial charge in [-0.25, -0.2) is 4.98 Å². The number of anilines is 4. The minimum absolute atomic E-state index is 0.803. The topological polar surface area (TPSA) is 44.3 Å². The fourth-order valence-corrected chi connectivity index (χ4v) is 3.42. The summed E-state index contributed by atoms with van der Waals surface area (Å²) in [5.74, 6) is 1.64. The Kier molecular flexibility index (Phi) is 4.92. The van der Waals surface area contributed by atoms with Gasteiger partial charge in [0.1, 0.15) is 5.82 Å². The van der Waals surface area contributed by atoms with Crippen LogP contribution >= 0.6 is 0 Å². The Morgan fingerprint density at radius 2 is 1.52 bits per heavy atom. The molecule has 1 aromatic heterocycles. The van der Waals surface area contributed by atoms with E-state index in [1.165, 1.54) is 11.3 Å². The van der Waals surface area contributed by atoms with Crippen molar-refractivity contribution in [3.05, 3.63) is 71.9 Å². The molecule has 2 aromatic carbocycles. The Bertz CT molecular complexity index is 902. The van der Waals surface area contributed by atoms with Gasteiger partial charge in [0, 0.05) is 49.3 Å². The fourth-order valence-electron chi connectivity index (χ4n) is 3.42. The van der Waals surface area contributed by atoms with Crippen molar-refractivity contribution in [3.8, 4) is 0 Å². The number of nitrogens with zero attached hydrogens (tertiary/aromatic N) is 4. The Hall–Kier alpha value is -3.08. The number of aryl methyl sites for hydroxylation is 2. The van der Waals surface area contributed by atoms with Crippen LogP contribution in [0.1, 0.15) is 11.3 Å². The standard InChI is InChI=1S/C22H25N5/c1-17-7-6-10-20(15-17)26-11-13-27(14-12-26)22-23-18(2)16-21(25-22)24-19-8-4-3-5-9-19/h3-10,15-16H,11-14H2,1-2H3,(H,23,24,25). The van der Waals surface area contributed by atoms with Gasteiger partial charge in [-0.05, 0) is 43.7 Å². The Morgan fingerprint density at radius 3 is 2.26 bits per heavy atom. The average molecular weight is 359 g/mol. The number of hydrogen-bond acceptors (Lipinski definition) is 5. The summed E-state index contributed by atoms with van der Waals surface area (Å²) in [4.78, 5) is 14.1. The molecule has 0 radical (unpaired) electrons. The first-order chi connectivity index (χ1) is 13.2. The zero-order valence-corrected chi connectivity index (χ0v) is 15.9. The van der Waals surface area contributed by atoms with E-state index in [2.05, 4.69) is 51.3 Å². The molecular formula is C22H25N5. The van der Waals surface area contributed by atoms with Crippen LogP contribution in [0.25, 0.3) is 0 Å². The van der Waals surface area contributed by atoms with Crippen molar-refractivity contribution in [3.63, 3.8) is 0 Å². The Balaban J connectivity index is 1.46. The zero-order chi connectivity index (χ0) is 18.6. The maximum absolute atomic E-state index is 4.75. The number of piperazine rings is 1. The minimum Gasteiger partial charge on any atom is -0.368 e. The molecule has 0 spiro atoms. The molecule has 1 saturated heterocycles. The quantitative estimate of drug-likeness (QED) is 0.758. The van der Waals surface area contributed by atoms with Gasteiger partial charge in [0.2, 0.25) is 5.95 Å². The van der Waals surface area contributed by atoms with E-state index in [1.807, 2.05) is 43.3 Å². The molecular weight excluding hydrogens is 334 g/mol. The molecule has 1 N–H and O–H groups in total. The predicted molar refractivity (Wildman–Crippen MR) is 112 cm³/mol. The highest BCUT2D eigenvalue weighted by Crippen LogP contribution is 2.22. The highest BCUT2D eigenvalue weighted by atomic mass is 15.3. The lowest BCUT2D eigenvalue weighted by Gasteiger charge is -2.36. The molecule has 1 aliphatic rings. The lowest BCUT2D eigenvalue weighted by molar-refractivity contribution is 0.639. The minimum atomic E-state index is 0.803. The van der Waals surface area contributed by atoms with E-state index >= 15 is 0 Å². The second-order valence-electron chi connectivity index (χ2n) is 7.00. The summed E-state index contributed by atoms with van der Waals surface area (Å²) in [6.07, 6.45) is 0. The van der Waals surface area contributed by atoms with Gasteiger partial charge in [0.15, 0.2) is 0 Å². The molecule has 0 saturated carbocycles. The highest BCUT2D eigenvalue weighted by molar-refractivity contribution is 5.58. The number of nitrogens with one attached hydrogen (secondary N) is 1. The van der Waals surface area contributed by atoms with E-state index in [4.69, 9.17) is 4.98 Å². The molecule has 1 aliphatic heterocycles. The van der Waals surface area contributed by atoms with Gasteiger partial charge < -0.3 is 15.1 Å². The summed E-state index contributed by atoms with van der Waals surface area (Å²) in [6, 6.07) is 20.8. The van der Waals surface area contributed by atoms with Crippen molar-refractivity contribution in [2.45, 2.75) is 13.8 Å². The van der Waals surface area contributed by atoms with E-state index in [-0.39, 0.29) is 0 Å². The summed E-state index contributed by atoms with van der Waals surface area (Å²) in [6.45, 7) is 7.95. The molecule has 2 heterocycles. The van der Waals surface area contributed by atoms with Gasteiger partial charge in [0.05, 0.1) is 0 Å². The Morgan fingerprint density at radius 1 is 0.778 bits per heavy atom. The van der Waals surface area contributed by atoms with Crippen LogP contribution in [0.15, 0.2) is 60.7 Å². The number of hydrogen-bond donors (Lipinski definition) is 1. The number of rotatable bonds is 4. The second kappa shape index (κ2) is 7.66. The summed E-state index contributed by atoms with van der Waals surface area (Å²) >= 11 is 0. The van der Waals surface area contributed by atoms with Crippen LogP contribution in [-0.4, -0.2) is 36.1 Å². The van der Waals surface area contributed by atoms with Crippen LogP contribution in [0.5, 0.6) is 0 Å². The smallest absolute Gasteiger partial charge is 0.227 e. The van der Waals surface area contributed by atoms with Gasteiger partial charge in [-0.1, -0.05) is 30.3 Å². The van der Waals surface area contributed by atoms with Crippen molar-refractivity contribution < 1.29 is 0 Å². The van der Waals surface area contributed by atoms with Crippen LogP contribution in [0.4, 0.5) is 23.1 Å². The molecule has 138 valence electrons. The van der Waals surface area contributed by atoms with Crippen LogP contribution in [0.3, 0.4) is 0 Å². The van der Waals surface area contributed by atoms with Crippen molar-refractivity contribution in [1.29, 1.82) is 0 Å². The normalized spacial score (nSPS) is 14.3. The molecule has 0 unspecified atom stereocenters. The molecule has 3 aromatic rings. The first kappa shape index (κ1) is 17.3. The molecule has 0 atom stereocenters. The molecule has 1 fully saturated rings. The summed E-state index contributed by atoms with van der Waals surface area (Å²) in [5, 5.41) is 3.38. The SMILES string of the molecule is Cc1cccc(N2CCN(c3nc(C)cc(Nc4ccccc4)n3)CC2)c1. The molecule has 0 aliphatic carbocycles. The molecule has 5 nitrogen and oxygen atoms in total. The predicted octanol–water partition coefficient (Wildman–Crippen LogP) is 4.16. The number of aromatic nitrogens is 2. The third kappa shape index (κ3) is 4.19. The number of benzene rings is 2. The van der Waals surface area contributed by atoms with E-state index in [1.54, 1.807) is 0 Å². The van der Waals surface area contributed by atoms with E-state index < -0.39 is 0 Å². The highest BCUT2D eigenvalue weighted by Gasteiger charge is 2.20. The summed E-state index contributed by atoms with van der Waals surface area (Å²) < 4.78 is 0. The van der Waals surface area contributed by atoms with Crippen LogP contribution < -0.4 is 15.1 Å². The third-order valence-electron chi connectivity index (χ3n) is 4.82. The summed E-state index contributed by atoms with van der Waals surface area (Å²) in [7, 11) is 0. The van der Waals surface area contributed by atoms with Gasteiger partial charge >= 0.3 is 0 Å². The van der Waals surface area contributed by atoms with Crippen molar-refractivity contribution in [2.24, 2.45) is 0 Å². The monoisotopic (exact) mass is 359 g/mol. The van der Waals surface area contributed by atoms with E-state index in [0.29, 0.717) is 0 Å². The van der Waals surface area contributed by atoms with Crippen LogP contribution in [0.2, 0.25) is 0 Å². The van der Waals surface area contributed by atoms with E-state index in [0.717, 1.165) is 49.3 Å². The van der Waals surface area contributed by atoms with Crippen LogP contribution in [0, 0.1) is 13.8 Å². The largest absolute Gasteiger partial charge is 0.368 e. The fraction of sp³-hybridized carbons (Fsp3) is 0.273. The Labute approximate surface area is 160 Å². The van der Waals surface area contributed by atoms with E-state index in [9.17, 15) is 0 Å². The number of para-hydroxylation sites is 1. The van der Waals surface area contributed by atoms with Gasteiger partial charge in [-0.3, -0.25) is 0 Å². The molecule has 5 heteroatoms. The maximum Gasteiger partial charge on any atom is 0.227 e. The van der Waals surface area contributed by atoms with Crippen molar-refractivity contribution in [1.82, 2.24) is 9.97 Å². The average Bonchev–Trinajstić information content (AvgIpc) is 2.68. The second-order valence-corrected chi connectivity index (χ2v) is 7.00. The molecule has 27 heavy (non-hydrogen) atoms. The van der Waals surface area contributed by atoms with Gasteiger partial charge in [-0.15, -0.1) is 0 Å². The van der Waals surface area contributed by atoms with Crippen molar-refractivity contribution >= 4 is 23.1 Å². The first-order valence-corrected chi connectivity index (χ1v) is 9.42. The van der Waals surface area contributed by atoms with Gasteiger partial charge in [0.25, 0.3) is 0 Å². The summed E-state index contributed by atoms with van der Waals surface area (Å²) in [5.41, 5.74) is 4.60. The van der Waals surface area contributed by atoms with Crippen molar-refractivity contribution in [2.75, 3.05) is 41.3 Å². The van der Waals surface area contributed by atoms with Gasteiger partial charge in [-0.2, -0.15) is 4.98 Å². The molecule has 0 bridgehead atoms. The lowest BCUT2D eigenvalue weighted by atomic mass is 10.2. The zero-order valence-electron chi connectivity index (χ0n) is 15.9. The third-order valence-corrected chi connectivity index (χ3v) is 4.82. The first-order valence-electron chi connectivity index (χ1n) is 9.42. The van der Waals surface area contributed by atoms with Crippen LogP contribution in [-0.2, 0) is 0 Å². The molecule has 4 rings (SSSR count).